The Hall–Kier alpha value is -2.25. The van der Waals surface area contributed by atoms with E-state index in [1.807, 2.05) is 24.3 Å². The molecule has 2 fully saturated rings. The molecule has 2 aromatic rings. The average Bonchev–Trinajstić information content (AvgIpc) is 2.64. The number of rotatable bonds is 3. The van der Waals surface area contributed by atoms with Gasteiger partial charge in [0.2, 0.25) is 5.91 Å². The molecule has 2 aliphatic rings. The first-order valence-corrected chi connectivity index (χ1v) is 9.51. The van der Waals surface area contributed by atoms with E-state index in [2.05, 4.69) is 15.9 Å². The second kappa shape index (κ2) is 7.05. The fourth-order valence-electron chi connectivity index (χ4n) is 4.14. The van der Waals surface area contributed by atoms with Crippen molar-refractivity contribution < 1.29 is 19.1 Å². The predicted molar refractivity (Wildman–Crippen MR) is 101 cm³/mol. The Morgan fingerprint density at radius 1 is 1.22 bits per heavy atom. The molecule has 0 saturated carbocycles. The summed E-state index contributed by atoms with van der Waals surface area (Å²) in [5.41, 5.74) is 1.25. The minimum absolute atomic E-state index is 0.0461. The zero-order chi connectivity index (χ0) is 19.1. The zero-order valence-electron chi connectivity index (χ0n) is 14.4. The highest BCUT2D eigenvalue weighted by atomic mass is 79.9. The van der Waals surface area contributed by atoms with E-state index in [9.17, 15) is 19.1 Å². The molecule has 2 heterocycles. The summed E-state index contributed by atoms with van der Waals surface area (Å²) in [4.78, 5) is 28.5. The number of hydrogen-bond acceptors (Lipinski definition) is 3. The van der Waals surface area contributed by atoms with Crippen LogP contribution in [0.15, 0.2) is 53.0 Å². The molecule has 0 aliphatic carbocycles. The van der Waals surface area contributed by atoms with Gasteiger partial charge >= 0.3 is 0 Å². The molecule has 2 saturated heterocycles. The van der Waals surface area contributed by atoms with Crippen LogP contribution in [0.4, 0.5) is 4.39 Å². The van der Waals surface area contributed by atoms with Crippen molar-refractivity contribution in [2.75, 3.05) is 19.7 Å². The third-order valence-corrected chi connectivity index (χ3v) is 5.89. The molecule has 0 spiro atoms. The summed E-state index contributed by atoms with van der Waals surface area (Å²) in [7, 11) is 0. The third kappa shape index (κ3) is 3.15. The fourth-order valence-corrected chi connectivity index (χ4v) is 4.41. The molecular formula is C20H18BrFN2O3. The van der Waals surface area contributed by atoms with Gasteiger partial charge in [0.1, 0.15) is 12.4 Å². The van der Waals surface area contributed by atoms with Crippen LogP contribution < -0.4 is 0 Å². The molecule has 0 radical (unpaired) electrons. The van der Waals surface area contributed by atoms with Crippen molar-refractivity contribution in [3.8, 4) is 0 Å². The number of hydrogen-bond donors (Lipinski definition) is 1. The Morgan fingerprint density at radius 3 is 2.63 bits per heavy atom. The van der Waals surface area contributed by atoms with Crippen LogP contribution in [0, 0.1) is 5.82 Å². The second-order valence-electron chi connectivity index (χ2n) is 6.89. The minimum Gasteiger partial charge on any atom is -0.394 e. The molecule has 0 aromatic heterocycles. The van der Waals surface area contributed by atoms with Gasteiger partial charge in [-0.15, -0.1) is 0 Å². The van der Waals surface area contributed by atoms with E-state index in [0.29, 0.717) is 6.54 Å². The second-order valence-corrected chi connectivity index (χ2v) is 7.81. The summed E-state index contributed by atoms with van der Waals surface area (Å²) < 4.78 is 14.4. The highest BCUT2D eigenvalue weighted by Crippen LogP contribution is 2.43. The Balaban J connectivity index is 1.59. The first-order chi connectivity index (χ1) is 13.0. The van der Waals surface area contributed by atoms with Gasteiger partial charge < -0.3 is 14.9 Å². The van der Waals surface area contributed by atoms with E-state index in [4.69, 9.17) is 0 Å². The van der Waals surface area contributed by atoms with Crippen LogP contribution >= 0.6 is 15.9 Å². The Kier molecular flexibility index (Phi) is 4.74. The molecule has 1 N–H and O–H groups in total. The van der Waals surface area contributed by atoms with Crippen molar-refractivity contribution in [3.63, 3.8) is 0 Å². The molecule has 5 nitrogen and oxygen atoms in total. The largest absolute Gasteiger partial charge is 0.394 e. The van der Waals surface area contributed by atoms with Gasteiger partial charge in [-0.25, -0.2) is 4.39 Å². The van der Waals surface area contributed by atoms with Gasteiger partial charge in [0.15, 0.2) is 0 Å². The molecule has 2 aromatic carbocycles. The van der Waals surface area contributed by atoms with Crippen LogP contribution in [0.3, 0.4) is 0 Å². The van der Waals surface area contributed by atoms with Gasteiger partial charge in [-0.3, -0.25) is 9.59 Å². The van der Waals surface area contributed by atoms with Crippen LogP contribution in [-0.4, -0.2) is 58.5 Å². The average molecular weight is 433 g/mol. The van der Waals surface area contributed by atoms with Crippen LogP contribution in [0.2, 0.25) is 0 Å². The molecule has 7 heteroatoms. The predicted octanol–water partition coefficient (Wildman–Crippen LogP) is 2.40. The van der Waals surface area contributed by atoms with Crippen molar-refractivity contribution >= 4 is 27.7 Å². The zero-order valence-corrected chi connectivity index (χ0v) is 16.0. The molecule has 2 amide bonds. The lowest BCUT2D eigenvalue weighted by molar-refractivity contribution is -0.159. The van der Waals surface area contributed by atoms with Crippen molar-refractivity contribution in [1.82, 2.24) is 9.80 Å². The van der Waals surface area contributed by atoms with Crippen LogP contribution in [-0.2, 0) is 4.79 Å². The molecule has 140 valence electrons. The summed E-state index contributed by atoms with van der Waals surface area (Å²) in [5, 5.41) is 9.79. The first kappa shape index (κ1) is 18.1. The number of amides is 2. The number of nitrogens with zero attached hydrogens (tertiary/aromatic N) is 2. The maximum Gasteiger partial charge on any atom is 0.254 e. The summed E-state index contributed by atoms with van der Waals surface area (Å²) >= 11 is 3.41. The van der Waals surface area contributed by atoms with E-state index < -0.39 is 5.82 Å². The van der Waals surface area contributed by atoms with E-state index in [1.165, 1.54) is 23.1 Å². The van der Waals surface area contributed by atoms with Crippen molar-refractivity contribution in [1.29, 1.82) is 0 Å². The van der Waals surface area contributed by atoms with E-state index >= 15 is 0 Å². The van der Waals surface area contributed by atoms with Crippen LogP contribution in [0.1, 0.15) is 21.8 Å². The van der Waals surface area contributed by atoms with Crippen molar-refractivity contribution in [3.05, 3.63) is 69.9 Å². The Labute approximate surface area is 164 Å². The topological polar surface area (TPSA) is 60.9 Å². The maximum absolute atomic E-state index is 13.5. The minimum atomic E-state index is -0.484. The lowest BCUT2D eigenvalue weighted by Gasteiger charge is -2.58. The number of carbonyl (C=O) groups excluding carboxylic acids is 2. The van der Waals surface area contributed by atoms with Gasteiger partial charge in [0, 0.05) is 22.5 Å². The molecule has 4 rings (SSSR count). The number of benzene rings is 2. The lowest BCUT2D eigenvalue weighted by atomic mass is 9.73. The van der Waals surface area contributed by atoms with Gasteiger partial charge in [-0.05, 0) is 35.9 Å². The van der Waals surface area contributed by atoms with Crippen LogP contribution in [0.25, 0.3) is 0 Å². The van der Waals surface area contributed by atoms with Gasteiger partial charge in [0.25, 0.3) is 5.91 Å². The number of halogens is 2. The van der Waals surface area contributed by atoms with Crippen molar-refractivity contribution in [2.24, 2.45) is 0 Å². The standard InChI is InChI=1S/C20H18BrFN2O3/c21-14-6-4-12(5-7-14)19-16-9-23(10-18(26)24(16)17(19)11-25)20(27)13-2-1-3-15(22)8-13/h1-8,16-17,19,25H,9-11H2/t16-,17-,19-/m0/s1. The number of fused-ring (bicyclic) bond motifs is 1. The third-order valence-electron chi connectivity index (χ3n) is 5.37. The van der Waals surface area contributed by atoms with E-state index in [1.54, 1.807) is 11.0 Å². The first-order valence-electron chi connectivity index (χ1n) is 8.72. The van der Waals surface area contributed by atoms with Crippen molar-refractivity contribution in [2.45, 2.75) is 18.0 Å². The number of aliphatic hydroxyl groups excluding tert-OH is 1. The molecule has 27 heavy (non-hydrogen) atoms. The lowest BCUT2D eigenvalue weighted by Crippen LogP contribution is -2.73. The number of aliphatic hydroxyl groups is 1. The SMILES string of the molecule is O=C(c1cccc(F)c1)N1CC(=O)N2[C@@H](CO)[C@@H](c3ccc(Br)cc3)[C@@H]2C1. The molecule has 2 aliphatic heterocycles. The van der Waals surface area contributed by atoms with Gasteiger partial charge in [0.05, 0.1) is 18.7 Å². The number of carbonyl (C=O) groups is 2. The smallest absolute Gasteiger partial charge is 0.254 e. The van der Waals surface area contributed by atoms with E-state index in [-0.39, 0.29) is 48.5 Å². The normalized spacial score (nSPS) is 24.4. The molecule has 0 bridgehead atoms. The molecule has 3 atom stereocenters. The molecular weight excluding hydrogens is 415 g/mol. The molecule has 0 unspecified atom stereocenters. The summed E-state index contributed by atoms with van der Waals surface area (Å²) in [5.74, 6) is -1.08. The summed E-state index contributed by atoms with van der Waals surface area (Å²) in [6, 6.07) is 12.8. The van der Waals surface area contributed by atoms with E-state index in [0.717, 1.165) is 10.0 Å². The Morgan fingerprint density at radius 2 is 1.96 bits per heavy atom. The highest BCUT2D eigenvalue weighted by molar-refractivity contribution is 9.10. The van der Waals surface area contributed by atoms with Gasteiger partial charge in [-0.2, -0.15) is 0 Å². The maximum atomic E-state index is 13.5. The van der Waals surface area contributed by atoms with Crippen LogP contribution in [0.5, 0.6) is 0 Å². The fraction of sp³-hybridized carbons (Fsp3) is 0.300. The summed E-state index contributed by atoms with van der Waals surface area (Å²) in [6.45, 7) is 0.175. The quantitative estimate of drug-likeness (QED) is 0.809. The highest BCUT2D eigenvalue weighted by Gasteiger charge is 2.54. The summed E-state index contributed by atoms with van der Waals surface area (Å²) in [6.07, 6.45) is 0. The number of piperazine rings is 1. The Bertz CT molecular complexity index is 889. The van der Waals surface area contributed by atoms with Gasteiger partial charge in [-0.1, -0.05) is 34.1 Å². The monoisotopic (exact) mass is 432 g/mol.